The van der Waals surface area contributed by atoms with E-state index in [1.807, 2.05) is 0 Å². The van der Waals surface area contributed by atoms with Gasteiger partial charge in [0.15, 0.2) is 0 Å². The summed E-state index contributed by atoms with van der Waals surface area (Å²) in [6, 6.07) is 0. The average Bonchev–Trinajstić information content (AvgIpc) is 2.18. The molecule has 0 spiro atoms. The zero-order valence-corrected chi connectivity index (χ0v) is 9.20. The SMILES string of the molecule is C=CCCS(=O)(=O)/N=C1/C=CC=CC1=C. The topological polar surface area (TPSA) is 46.5 Å². The molecule has 15 heavy (non-hydrogen) atoms. The molecule has 0 unspecified atom stereocenters. The first-order valence-electron chi connectivity index (χ1n) is 4.53. The second kappa shape index (κ2) is 4.89. The minimum atomic E-state index is -3.41. The molecule has 4 heteroatoms. The Morgan fingerprint density at radius 3 is 2.60 bits per heavy atom. The molecule has 0 aromatic carbocycles. The number of rotatable bonds is 4. The summed E-state index contributed by atoms with van der Waals surface area (Å²) >= 11 is 0. The normalized spacial score (nSPS) is 18.4. The zero-order valence-electron chi connectivity index (χ0n) is 8.39. The quantitative estimate of drug-likeness (QED) is 0.684. The second-order valence-corrected chi connectivity index (χ2v) is 4.84. The molecule has 0 atom stereocenters. The highest BCUT2D eigenvalue weighted by molar-refractivity contribution is 7.90. The number of hydrogen-bond acceptors (Lipinski definition) is 2. The standard InChI is InChI=1S/C11H13NO2S/c1-3-4-9-15(13,14)12-11-8-6-5-7-10(11)2/h3,5-8H,1-2,4,9H2/b12-11-. The van der Waals surface area contributed by atoms with Crippen LogP contribution in [0.2, 0.25) is 0 Å². The van der Waals surface area contributed by atoms with Gasteiger partial charge in [0.1, 0.15) is 0 Å². The van der Waals surface area contributed by atoms with Gasteiger partial charge in [-0.05, 0) is 18.1 Å². The molecule has 0 saturated heterocycles. The van der Waals surface area contributed by atoms with Crippen molar-refractivity contribution >= 4 is 15.7 Å². The first-order valence-corrected chi connectivity index (χ1v) is 6.13. The molecule has 0 N–H and O–H groups in total. The lowest BCUT2D eigenvalue weighted by atomic mass is 10.1. The van der Waals surface area contributed by atoms with Gasteiger partial charge in [-0.3, -0.25) is 0 Å². The van der Waals surface area contributed by atoms with Crippen molar-refractivity contribution in [3.05, 3.63) is 49.1 Å². The summed E-state index contributed by atoms with van der Waals surface area (Å²) in [6.07, 6.45) is 8.85. The highest BCUT2D eigenvalue weighted by Crippen LogP contribution is 2.08. The Hall–Kier alpha value is -1.42. The van der Waals surface area contributed by atoms with Crippen LogP contribution in [0.5, 0.6) is 0 Å². The van der Waals surface area contributed by atoms with Gasteiger partial charge >= 0.3 is 0 Å². The van der Waals surface area contributed by atoms with Crippen LogP contribution in [0.15, 0.2) is 53.5 Å². The summed E-state index contributed by atoms with van der Waals surface area (Å²) in [6.45, 7) is 7.18. The van der Waals surface area contributed by atoms with Crippen molar-refractivity contribution in [3.63, 3.8) is 0 Å². The van der Waals surface area contributed by atoms with Crippen LogP contribution >= 0.6 is 0 Å². The van der Waals surface area contributed by atoms with Gasteiger partial charge in [-0.1, -0.05) is 30.9 Å². The van der Waals surface area contributed by atoms with Crippen molar-refractivity contribution < 1.29 is 8.42 Å². The van der Waals surface area contributed by atoms with Gasteiger partial charge in [-0.25, -0.2) is 8.42 Å². The van der Waals surface area contributed by atoms with Gasteiger partial charge in [0, 0.05) is 0 Å². The lowest BCUT2D eigenvalue weighted by molar-refractivity contribution is 0.597. The third-order valence-corrected chi connectivity index (χ3v) is 3.04. The Kier molecular flexibility index (Phi) is 3.80. The van der Waals surface area contributed by atoms with Crippen molar-refractivity contribution in [2.24, 2.45) is 4.40 Å². The molecule has 0 heterocycles. The lowest BCUT2D eigenvalue weighted by Crippen LogP contribution is -2.07. The van der Waals surface area contributed by atoms with Gasteiger partial charge in [-0.2, -0.15) is 4.40 Å². The molecule has 0 bridgehead atoms. The van der Waals surface area contributed by atoms with E-state index < -0.39 is 10.0 Å². The average molecular weight is 223 g/mol. The summed E-state index contributed by atoms with van der Waals surface area (Å²) in [5.74, 6) is -0.00909. The first kappa shape index (κ1) is 11.7. The Bertz CT molecular complexity index is 453. The first-order chi connectivity index (χ1) is 7.05. The van der Waals surface area contributed by atoms with Crippen molar-refractivity contribution in [3.8, 4) is 0 Å². The van der Waals surface area contributed by atoms with Crippen LogP contribution in [-0.2, 0) is 10.0 Å². The second-order valence-electron chi connectivity index (χ2n) is 3.08. The molecule has 80 valence electrons. The van der Waals surface area contributed by atoms with Crippen LogP contribution in [0.25, 0.3) is 0 Å². The van der Waals surface area contributed by atoms with E-state index in [9.17, 15) is 8.42 Å². The third-order valence-electron chi connectivity index (χ3n) is 1.81. The molecule has 3 nitrogen and oxygen atoms in total. The highest BCUT2D eigenvalue weighted by atomic mass is 32.2. The Morgan fingerprint density at radius 1 is 1.33 bits per heavy atom. The fourth-order valence-corrected chi connectivity index (χ4v) is 2.06. The molecular weight excluding hydrogens is 210 g/mol. The Morgan fingerprint density at radius 2 is 2.00 bits per heavy atom. The maximum absolute atomic E-state index is 11.5. The van der Waals surface area contributed by atoms with Crippen LogP contribution in [0.1, 0.15) is 6.42 Å². The Labute approximate surface area is 90.3 Å². The van der Waals surface area contributed by atoms with E-state index in [1.165, 1.54) is 0 Å². The summed E-state index contributed by atoms with van der Waals surface area (Å²) in [5, 5.41) is 0. The predicted molar refractivity (Wildman–Crippen MR) is 63.5 cm³/mol. The maximum Gasteiger partial charge on any atom is 0.253 e. The van der Waals surface area contributed by atoms with E-state index >= 15 is 0 Å². The van der Waals surface area contributed by atoms with Gasteiger partial charge in [0.05, 0.1) is 11.5 Å². The predicted octanol–water partition coefficient (Wildman–Crippen LogP) is 2.02. The van der Waals surface area contributed by atoms with E-state index in [0.29, 0.717) is 17.7 Å². The van der Waals surface area contributed by atoms with E-state index in [0.717, 1.165) is 0 Å². The monoisotopic (exact) mass is 223 g/mol. The van der Waals surface area contributed by atoms with Crippen LogP contribution in [0.4, 0.5) is 0 Å². The minimum absolute atomic E-state index is 0.00909. The number of hydrogen-bond donors (Lipinski definition) is 0. The molecule has 0 radical (unpaired) electrons. The van der Waals surface area contributed by atoms with Crippen molar-refractivity contribution in [1.82, 2.24) is 0 Å². The summed E-state index contributed by atoms with van der Waals surface area (Å²) in [7, 11) is -3.41. The van der Waals surface area contributed by atoms with Crippen molar-refractivity contribution in [2.45, 2.75) is 6.42 Å². The zero-order chi connectivity index (χ0) is 11.3. The van der Waals surface area contributed by atoms with Gasteiger partial charge in [0.25, 0.3) is 10.0 Å². The molecule has 0 aromatic rings. The number of allylic oxidation sites excluding steroid dienone is 6. The molecule has 1 rings (SSSR count). The van der Waals surface area contributed by atoms with E-state index in [2.05, 4.69) is 17.6 Å². The number of nitrogens with zero attached hydrogens (tertiary/aromatic N) is 1. The third kappa shape index (κ3) is 3.67. The van der Waals surface area contributed by atoms with Crippen LogP contribution in [0.3, 0.4) is 0 Å². The Balaban J connectivity index is 2.87. The molecule has 0 aromatic heterocycles. The van der Waals surface area contributed by atoms with Crippen molar-refractivity contribution in [2.75, 3.05) is 5.75 Å². The number of sulfonamides is 1. The van der Waals surface area contributed by atoms with E-state index in [-0.39, 0.29) is 5.75 Å². The fraction of sp³-hybridized carbons (Fsp3) is 0.182. The molecule has 0 amide bonds. The molecular formula is C11H13NO2S. The summed E-state index contributed by atoms with van der Waals surface area (Å²) in [5.41, 5.74) is 1.02. The molecule has 1 aliphatic rings. The summed E-state index contributed by atoms with van der Waals surface area (Å²) < 4.78 is 26.6. The van der Waals surface area contributed by atoms with E-state index in [4.69, 9.17) is 0 Å². The van der Waals surface area contributed by atoms with E-state index in [1.54, 1.807) is 30.4 Å². The molecule has 0 aliphatic heterocycles. The van der Waals surface area contributed by atoms with Gasteiger partial charge in [-0.15, -0.1) is 6.58 Å². The largest absolute Gasteiger partial charge is 0.253 e. The van der Waals surface area contributed by atoms with Crippen LogP contribution < -0.4 is 0 Å². The maximum atomic E-state index is 11.5. The van der Waals surface area contributed by atoms with Crippen LogP contribution in [-0.4, -0.2) is 19.9 Å². The minimum Gasteiger partial charge on any atom is -0.205 e. The highest BCUT2D eigenvalue weighted by Gasteiger charge is 2.10. The summed E-state index contributed by atoms with van der Waals surface area (Å²) in [4.78, 5) is 0. The van der Waals surface area contributed by atoms with Crippen molar-refractivity contribution in [1.29, 1.82) is 0 Å². The van der Waals surface area contributed by atoms with Gasteiger partial charge in [0.2, 0.25) is 0 Å². The molecule has 1 aliphatic carbocycles. The van der Waals surface area contributed by atoms with Gasteiger partial charge < -0.3 is 0 Å². The molecule has 0 saturated carbocycles. The smallest absolute Gasteiger partial charge is 0.205 e. The van der Waals surface area contributed by atoms with Crippen LogP contribution in [0, 0.1) is 0 Å². The lowest BCUT2D eigenvalue weighted by Gasteiger charge is -2.04. The molecule has 0 fully saturated rings. The fourth-order valence-electron chi connectivity index (χ4n) is 1.03.